The second-order valence-electron chi connectivity index (χ2n) is 7.40. The summed E-state index contributed by atoms with van der Waals surface area (Å²) >= 11 is 0. The van der Waals surface area contributed by atoms with Gasteiger partial charge in [-0.05, 0) is 56.3 Å². The van der Waals surface area contributed by atoms with Gasteiger partial charge in [0.2, 0.25) is 5.91 Å². The predicted molar refractivity (Wildman–Crippen MR) is 95.4 cm³/mol. The van der Waals surface area contributed by atoms with Crippen LogP contribution in [0.25, 0.3) is 0 Å². The molecule has 2 fully saturated rings. The first-order chi connectivity index (χ1) is 12.7. The molecule has 1 aromatic carbocycles. The summed E-state index contributed by atoms with van der Waals surface area (Å²) in [4.78, 5) is 25.5. The Balaban J connectivity index is 1.68. The van der Waals surface area contributed by atoms with Crippen molar-refractivity contribution in [2.45, 2.75) is 44.8 Å². The van der Waals surface area contributed by atoms with Crippen molar-refractivity contribution in [1.29, 1.82) is 0 Å². The Kier molecular flexibility index (Phi) is 5.74. The molecule has 1 saturated heterocycles. The molecule has 27 heavy (non-hydrogen) atoms. The minimum Gasteiger partial charge on any atom is -0.339 e. The number of carbonyl (C=O) groups is 2. The number of likely N-dealkylation sites (tertiary alicyclic amines) is 1. The van der Waals surface area contributed by atoms with Gasteiger partial charge in [-0.2, -0.15) is 13.2 Å². The highest BCUT2D eigenvalue weighted by Gasteiger charge is 2.33. The zero-order valence-corrected chi connectivity index (χ0v) is 15.2. The molecule has 1 aliphatic heterocycles. The molecule has 8 heteroatoms. The first-order valence-corrected chi connectivity index (χ1v) is 9.25. The zero-order chi connectivity index (χ0) is 19.6. The molecule has 0 aromatic heterocycles. The fraction of sp³-hybridized carbons (Fsp3) is 0.579. The number of benzene rings is 1. The molecule has 148 valence electrons. The van der Waals surface area contributed by atoms with Crippen LogP contribution < -0.4 is 10.6 Å². The van der Waals surface area contributed by atoms with E-state index in [2.05, 4.69) is 10.6 Å². The lowest BCUT2D eigenvalue weighted by molar-refractivity contribution is -0.137. The van der Waals surface area contributed by atoms with Gasteiger partial charge in [0.25, 0.3) is 5.91 Å². The van der Waals surface area contributed by atoms with Crippen molar-refractivity contribution in [2.24, 2.45) is 5.92 Å². The molecule has 2 amide bonds. The van der Waals surface area contributed by atoms with Crippen LogP contribution in [-0.2, 0) is 11.0 Å². The predicted octanol–water partition coefficient (Wildman–Crippen LogP) is 3.27. The van der Waals surface area contributed by atoms with Crippen molar-refractivity contribution in [1.82, 2.24) is 10.2 Å². The first kappa shape index (κ1) is 19.7. The number of alkyl halides is 3. The third-order valence-corrected chi connectivity index (χ3v) is 5.00. The van der Waals surface area contributed by atoms with Crippen LogP contribution in [0.1, 0.15) is 48.5 Å². The summed E-state index contributed by atoms with van der Waals surface area (Å²) in [6.45, 7) is 3.23. The summed E-state index contributed by atoms with van der Waals surface area (Å²) in [7, 11) is 0. The van der Waals surface area contributed by atoms with Crippen LogP contribution in [0.3, 0.4) is 0 Å². The van der Waals surface area contributed by atoms with Crippen LogP contribution in [0, 0.1) is 5.92 Å². The van der Waals surface area contributed by atoms with Gasteiger partial charge in [0.05, 0.1) is 5.56 Å². The second kappa shape index (κ2) is 7.88. The fourth-order valence-electron chi connectivity index (χ4n) is 3.31. The van der Waals surface area contributed by atoms with E-state index in [1.807, 2.05) is 0 Å². The van der Waals surface area contributed by atoms with Crippen molar-refractivity contribution in [3.05, 3.63) is 29.3 Å². The molecule has 0 radical (unpaired) electrons. The van der Waals surface area contributed by atoms with Crippen molar-refractivity contribution >= 4 is 17.5 Å². The molecule has 0 spiro atoms. The van der Waals surface area contributed by atoms with Gasteiger partial charge in [0.1, 0.15) is 0 Å². The summed E-state index contributed by atoms with van der Waals surface area (Å²) in [6.07, 6.45) is -0.470. The molecule has 1 heterocycles. The highest BCUT2D eigenvalue weighted by Crippen LogP contribution is 2.32. The van der Waals surface area contributed by atoms with Crippen LogP contribution in [0.2, 0.25) is 0 Å². The van der Waals surface area contributed by atoms with Crippen LogP contribution in [0.5, 0.6) is 0 Å². The van der Waals surface area contributed by atoms with Crippen LogP contribution in [0.15, 0.2) is 18.2 Å². The number of hydrogen-bond acceptors (Lipinski definition) is 3. The Bertz CT molecular complexity index is 709. The molecule has 0 unspecified atom stereocenters. The smallest absolute Gasteiger partial charge is 0.339 e. The maximum Gasteiger partial charge on any atom is 0.416 e. The Morgan fingerprint density at radius 1 is 1.11 bits per heavy atom. The number of rotatable bonds is 5. The number of halogens is 3. The van der Waals surface area contributed by atoms with Gasteiger partial charge < -0.3 is 15.5 Å². The summed E-state index contributed by atoms with van der Waals surface area (Å²) in [5.74, 6) is -0.148. The van der Waals surface area contributed by atoms with Crippen molar-refractivity contribution in [3.63, 3.8) is 0 Å². The van der Waals surface area contributed by atoms with E-state index < -0.39 is 23.6 Å². The van der Waals surface area contributed by atoms with E-state index in [-0.39, 0.29) is 11.3 Å². The Labute approximate surface area is 156 Å². The molecule has 2 N–H and O–H groups in total. The molecule has 0 atom stereocenters. The van der Waals surface area contributed by atoms with Crippen LogP contribution >= 0.6 is 0 Å². The average molecular weight is 383 g/mol. The highest BCUT2D eigenvalue weighted by molar-refractivity contribution is 5.97. The summed E-state index contributed by atoms with van der Waals surface area (Å²) < 4.78 is 39.5. The number of anilines is 1. The number of carbonyl (C=O) groups excluding carboxylic acids is 2. The molecular formula is C19H24F3N3O2. The Morgan fingerprint density at radius 2 is 1.78 bits per heavy atom. The number of amides is 2. The van der Waals surface area contributed by atoms with Gasteiger partial charge in [-0.15, -0.1) is 0 Å². The number of piperidine rings is 1. The Hall–Kier alpha value is -2.09. The van der Waals surface area contributed by atoms with E-state index in [4.69, 9.17) is 0 Å². The SMILES string of the molecule is CC(=O)Nc1cc(C(=O)N2CCC(NCC3CC3)CC2)cc(C(F)(F)F)c1. The standard InChI is InChI=1S/C19H24F3N3O2/c1-12(26)24-17-9-14(8-15(10-17)19(20,21)22)18(27)25-6-4-16(5-7-25)23-11-13-2-3-13/h8-10,13,16,23H,2-7,11H2,1H3,(H,24,26). The first-order valence-electron chi connectivity index (χ1n) is 9.25. The largest absolute Gasteiger partial charge is 0.416 e. The maximum absolute atomic E-state index is 13.2. The van der Waals surface area contributed by atoms with Gasteiger partial charge >= 0.3 is 6.18 Å². The fourth-order valence-corrected chi connectivity index (χ4v) is 3.31. The lowest BCUT2D eigenvalue weighted by Crippen LogP contribution is -2.45. The van der Waals surface area contributed by atoms with Crippen molar-refractivity contribution in [3.8, 4) is 0 Å². The third kappa shape index (κ3) is 5.45. The number of nitrogens with one attached hydrogen (secondary N) is 2. The van der Waals surface area contributed by atoms with Crippen molar-refractivity contribution in [2.75, 3.05) is 25.0 Å². The number of hydrogen-bond donors (Lipinski definition) is 2. The van der Waals surface area contributed by atoms with Gasteiger partial charge in [0, 0.05) is 37.3 Å². The van der Waals surface area contributed by atoms with E-state index in [1.54, 1.807) is 4.90 Å². The lowest BCUT2D eigenvalue weighted by atomic mass is 10.0. The van der Waals surface area contributed by atoms with E-state index in [9.17, 15) is 22.8 Å². The third-order valence-electron chi connectivity index (χ3n) is 5.00. The van der Waals surface area contributed by atoms with Crippen molar-refractivity contribution < 1.29 is 22.8 Å². The van der Waals surface area contributed by atoms with Gasteiger partial charge in [-0.25, -0.2) is 0 Å². The Morgan fingerprint density at radius 3 is 2.33 bits per heavy atom. The normalized spacial score (nSPS) is 18.4. The molecule has 1 aromatic rings. The van der Waals surface area contributed by atoms with Gasteiger partial charge in [-0.1, -0.05) is 0 Å². The molecule has 5 nitrogen and oxygen atoms in total. The topological polar surface area (TPSA) is 61.4 Å². The van der Waals surface area contributed by atoms with E-state index in [1.165, 1.54) is 25.8 Å². The monoisotopic (exact) mass is 383 g/mol. The van der Waals surface area contributed by atoms with Gasteiger partial charge in [0.15, 0.2) is 0 Å². The summed E-state index contributed by atoms with van der Waals surface area (Å²) in [5.41, 5.74) is -1.03. The van der Waals surface area contributed by atoms with E-state index in [0.717, 1.165) is 37.4 Å². The van der Waals surface area contributed by atoms with Crippen LogP contribution in [-0.4, -0.2) is 42.4 Å². The molecule has 0 bridgehead atoms. The molecule has 3 rings (SSSR count). The second-order valence-corrected chi connectivity index (χ2v) is 7.40. The lowest BCUT2D eigenvalue weighted by Gasteiger charge is -2.33. The quantitative estimate of drug-likeness (QED) is 0.820. The highest BCUT2D eigenvalue weighted by atomic mass is 19.4. The zero-order valence-electron chi connectivity index (χ0n) is 15.2. The van der Waals surface area contributed by atoms with E-state index in [0.29, 0.717) is 19.1 Å². The van der Waals surface area contributed by atoms with Gasteiger partial charge in [-0.3, -0.25) is 9.59 Å². The molecule has 1 saturated carbocycles. The minimum atomic E-state index is -4.59. The minimum absolute atomic E-state index is 0.0262. The molecule has 2 aliphatic rings. The molecule has 1 aliphatic carbocycles. The average Bonchev–Trinajstić information content (AvgIpc) is 3.42. The summed E-state index contributed by atoms with van der Waals surface area (Å²) in [6, 6.07) is 3.35. The maximum atomic E-state index is 13.2. The van der Waals surface area contributed by atoms with E-state index >= 15 is 0 Å². The molecular weight excluding hydrogens is 359 g/mol. The number of nitrogens with zero attached hydrogens (tertiary/aromatic N) is 1. The van der Waals surface area contributed by atoms with Crippen LogP contribution in [0.4, 0.5) is 18.9 Å². The summed E-state index contributed by atoms with van der Waals surface area (Å²) in [5, 5.41) is 5.84.